The van der Waals surface area contributed by atoms with Crippen LogP contribution >= 0.6 is 35.4 Å². The molecule has 2 heterocycles. The number of aromatic nitrogens is 2. The van der Waals surface area contributed by atoms with Crippen LogP contribution in [-0.2, 0) is 34.6 Å². The third kappa shape index (κ3) is 7.89. The van der Waals surface area contributed by atoms with Gasteiger partial charge in [-0.05, 0) is 53.7 Å². The summed E-state index contributed by atoms with van der Waals surface area (Å²) in [6.45, 7) is -0.528. The number of hydrogen-bond acceptors (Lipinski definition) is 10. The van der Waals surface area contributed by atoms with Gasteiger partial charge in [-0.15, -0.1) is 0 Å². The number of aromatic amines is 1. The molecule has 1 aliphatic heterocycles. The van der Waals surface area contributed by atoms with Crippen LogP contribution < -0.4 is 16.3 Å². The lowest BCUT2D eigenvalue weighted by Crippen LogP contribution is -2.53. The molecule has 16 heteroatoms. The predicted octanol–water partition coefficient (Wildman–Crippen LogP) is 4.82. The van der Waals surface area contributed by atoms with E-state index >= 15 is 0 Å². The van der Waals surface area contributed by atoms with Gasteiger partial charge in [-0.2, -0.15) is 0 Å². The molecule has 0 radical (unpaired) electrons. The van der Waals surface area contributed by atoms with Gasteiger partial charge < -0.3 is 14.4 Å². The van der Waals surface area contributed by atoms with E-state index in [9.17, 15) is 28.9 Å². The van der Waals surface area contributed by atoms with Crippen molar-refractivity contribution in [1.29, 1.82) is 0 Å². The Morgan fingerprint density at radius 2 is 1.87 bits per heavy atom. The average Bonchev–Trinajstić information content (AvgIpc) is 3.67. The summed E-state index contributed by atoms with van der Waals surface area (Å²) in [5.74, 6) is -1.02. The van der Waals surface area contributed by atoms with Crippen molar-refractivity contribution in [2.75, 3.05) is 11.7 Å². The maximum atomic E-state index is 13.8. The number of benzene rings is 2. The smallest absolute Gasteiger partial charge is 0.390 e. The Bertz CT molecular complexity index is 1710. The van der Waals surface area contributed by atoms with E-state index in [0.717, 1.165) is 10.1 Å². The summed E-state index contributed by atoms with van der Waals surface area (Å²) in [6, 6.07) is 16.0. The topological polar surface area (TPSA) is 170 Å². The fraction of sp³-hybridized carbons (Fsp3) is 0.367. The van der Waals surface area contributed by atoms with Crippen LogP contribution in [0.15, 0.2) is 75.4 Å². The second kappa shape index (κ2) is 14.8. The molecule has 13 nitrogen and oxygen atoms in total. The van der Waals surface area contributed by atoms with E-state index in [-0.39, 0.29) is 31.4 Å². The first-order valence-electron chi connectivity index (χ1n) is 14.4. The molecule has 3 aromatic rings. The first-order chi connectivity index (χ1) is 22.0. The number of anilines is 1. The second-order valence-corrected chi connectivity index (χ2v) is 13.2. The minimum Gasteiger partial charge on any atom is -0.390 e. The number of phosphoric acid groups is 1. The van der Waals surface area contributed by atoms with E-state index in [4.69, 9.17) is 30.2 Å². The SMILES string of the molecule is O=C(OP(=O)(O)OC[C@H]1O[C@@H](n2cc(/C=C/Br)c(=O)[nH]c2=O)C[C@@H]1O)C1(N(OCc2ccccc2)c2ccc(Cl)cc2)CCCC1. The van der Waals surface area contributed by atoms with Crippen LogP contribution in [0, 0.1) is 0 Å². The van der Waals surface area contributed by atoms with E-state index in [1.165, 1.54) is 22.3 Å². The van der Waals surface area contributed by atoms with Crippen molar-refractivity contribution in [2.24, 2.45) is 0 Å². The summed E-state index contributed by atoms with van der Waals surface area (Å²) in [6.07, 6.45) is 1.06. The number of carbonyl (C=O) groups is 1. The number of rotatable bonds is 12. The first kappa shape index (κ1) is 34.3. The van der Waals surface area contributed by atoms with Crippen molar-refractivity contribution in [3.8, 4) is 0 Å². The molecule has 1 unspecified atom stereocenters. The number of hydrogen-bond donors (Lipinski definition) is 3. The number of ether oxygens (including phenoxy) is 1. The molecule has 1 aromatic heterocycles. The number of H-pyrrole nitrogens is 1. The molecule has 0 spiro atoms. The summed E-state index contributed by atoms with van der Waals surface area (Å²) in [5.41, 5.74) is -1.34. The van der Waals surface area contributed by atoms with Crippen molar-refractivity contribution >= 4 is 53.1 Å². The molecule has 3 N–H and O–H groups in total. The predicted molar refractivity (Wildman–Crippen MR) is 172 cm³/mol. The zero-order valence-electron chi connectivity index (χ0n) is 24.4. The zero-order valence-corrected chi connectivity index (χ0v) is 27.6. The monoisotopic (exact) mass is 739 g/mol. The van der Waals surface area contributed by atoms with Crippen LogP contribution in [0.4, 0.5) is 5.69 Å². The summed E-state index contributed by atoms with van der Waals surface area (Å²) < 4.78 is 30.2. The number of aliphatic hydroxyl groups excluding tert-OH is 1. The molecule has 46 heavy (non-hydrogen) atoms. The summed E-state index contributed by atoms with van der Waals surface area (Å²) in [7, 11) is -5.04. The van der Waals surface area contributed by atoms with E-state index in [0.29, 0.717) is 23.6 Å². The first-order valence-corrected chi connectivity index (χ1v) is 17.2. The zero-order chi connectivity index (χ0) is 32.9. The quantitative estimate of drug-likeness (QED) is 0.172. The number of nitrogens with one attached hydrogen (secondary N) is 1. The highest BCUT2D eigenvalue weighted by molar-refractivity contribution is 9.11. The van der Waals surface area contributed by atoms with Crippen molar-refractivity contribution < 1.29 is 38.0 Å². The Morgan fingerprint density at radius 1 is 1.17 bits per heavy atom. The highest BCUT2D eigenvalue weighted by atomic mass is 79.9. The Balaban J connectivity index is 1.29. The summed E-state index contributed by atoms with van der Waals surface area (Å²) >= 11 is 9.19. The van der Waals surface area contributed by atoms with Gasteiger partial charge in [0.25, 0.3) is 5.56 Å². The molecule has 2 fully saturated rings. The average molecular weight is 741 g/mol. The van der Waals surface area contributed by atoms with Crippen molar-refractivity contribution in [3.63, 3.8) is 0 Å². The molecule has 1 aliphatic carbocycles. The lowest BCUT2D eigenvalue weighted by Gasteiger charge is -2.39. The van der Waals surface area contributed by atoms with Gasteiger partial charge in [-0.25, -0.2) is 19.2 Å². The van der Waals surface area contributed by atoms with E-state index in [1.54, 1.807) is 24.3 Å². The highest BCUT2D eigenvalue weighted by Gasteiger charge is 2.52. The van der Waals surface area contributed by atoms with E-state index in [1.807, 2.05) is 30.3 Å². The Hall–Kier alpha value is -3.07. The van der Waals surface area contributed by atoms with Crippen molar-refractivity contribution in [3.05, 3.63) is 103 Å². The van der Waals surface area contributed by atoms with Gasteiger partial charge in [0.1, 0.15) is 12.3 Å². The van der Waals surface area contributed by atoms with Crippen LogP contribution in [0.1, 0.15) is 49.5 Å². The van der Waals surface area contributed by atoms with Crippen LogP contribution in [0.2, 0.25) is 5.02 Å². The number of aliphatic hydroxyl groups is 1. The molecule has 4 atom stereocenters. The molecule has 2 aromatic carbocycles. The number of carbonyl (C=O) groups excluding carboxylic acids is 1. The van der Waals surface area contributed by atoms with Gasteiger partial charge in [0, 0.05) is 17.6 Å². The van der Waals surface area contributed by atoms with E-state index in [2.05, 4.69) is 20.9 Å². The Kier molecular flexibility index (Phi) is 11.0. The number of hydroxylamine groups is 1. The van der Waals surface area contributed by atoms with Gasteiger partial charge in [-0.3, -0.25) is 28.6 Å². The number of halogens is 2. The molecular formula is C30H32BrClN3O10P. The standard InChI is InChI=1S/C30H32BrClN3O10P/c31-15-12-21-17-34(29(39)33-27(21)37)26-16-24(36)25(44-26)19-43-46(40,41)45-28(38)30(13-4-5-14-30)35(23-10-8-22(32)9-11-23)42-18-20-6-2-1-3-7-20/h1-3,6-12,15,17,24-26,36H,4-5,13-14,16,18-19H2,(H,40,41)(H,33,37,39)/b15-12+/t24-,25+,26+/m0/s1. The van der Waals surface area contributed by atoms with E-state index < -0.39 is 55.6 Å². The normalized spacial score (nSPS) is 22.1. The fourth-order valence-electron chi connectivity index (χ4n) is 5.51. The summed E-state index contributed by atoms with van der Waals surface area (Å²) in [4.78, 5) is 58.6. The lowest BCUT2D eigenvalue weighted by atomic mass is 9.96. The minimum absolute atomic E-state index is 0.0785. The van der Waals surface area contributed by atoms with Gasteiger partial charge in [0.05, 0.1) is 30.6 Å². The van der Waals surface area contributed by atoms with Gasteiger partial charge in [0.2, 0.25) is 0 Å². The fourth-order valence-corrected chi connectivity index (χ4v) is 6.68. The van der Waals surface area contributed by atoms with Gasteiger partial charge in [-0.1, -0.05) is 70.7 Å². The third-order valence-corrected chi connectivity index (χ3v) is 9.20. The third-order valence-electron chi connectivity index (χ3n) is 7.82. The van der Waals surface area contributed by atoms with Crippen molar-refractivity contribution in [1.82, 2.24) is 9.55 Å². The Morgan fingerprint density at radius 3 is 2.54 bits per heavy atom. The van der Waals surface area contributed by atoms with Crippen LogP contribution in [0.25, 0.3) is 6.08 Å². The largest absolute Gasteiger partial charge is 0.529 e. The second-order valence-electron chi connectivity index (χ2n) is 10.9. The molecule has 2 aliphatic rings. The molecule has 5 rings (SSSR count). The molecule has 0 bridgehead atoms. The maximum absolute atomic E-state index is 13.8. The maximum Gasteiger partial charge on any atom is 0.529 e. The molecule has 0 amide bonds. The van der Waals surface area contributed by atoms with Crippen LogP contribution in [-0.4, -0.2) is 49.9 Å². The lowest BCUT2D eigenvalue weighted by molar-refractivity contribution is -0.146. The molecule has 1 saturated heterocycles. The molecule has 246 valence electrons. The number of phosphoric ester groups is 1. The number of nitrogens with zero attached hydrogens (tertiary/aromatic N) is 2. The highest BCUT2D eigenvalue weighted by Crippen LogP contribution is 2.49. The molecular weight excluding hydrogens is 709 g/mol. The van der Waals surface area contributed by atoms with Crippen LogP contribution in [0.5, 0.6) is 0 Å². The summed E-state index contributed by atoms with van der Waals surface area (Å²) in [5, 5.41) is 12.5. The van der Waals surface area contributed by atoms with Crippen LogP contribution in [0.3, 0.4) is 0 Å². The Labute approximate surface area is 277 Å². The van der Waals surface area contributed by atoms with Gasteiger partial charge >= 0.3 is 19.5 Å². The van der Waals surface area contributed by atoms with Gasteiger partial charge in [0.15, 0.2) is 5.54 Å². The molecule has 1 saturated carbocycles. The van der Waals surface area contributed by atoms with Crippen molar-refractivity contribution in [2.45, 2.75) is 62.7 Å². The minimum atomic E-state index is -5.04.